The molecule has 7 heteroatoms. The molecule has 39 heavy (non-hydrogen) atoms. The van der Waals surface area contributed by atoms with Crippen molar-refractivity contribution in [2.75, 3.05) is 39.3 Å². The third-order valence-electron chi connectivity index (χ3n) is 10.7. The summed E-state index contributed by atoms with van der Waals surface area (Å²) in [5.74, 6) is 0.182. The van der Waals surface area contributed by atoms with Crippen LogP contribution < -0.4 is 0 Å². The van der Waals surface area contributed by atoms with Crippen LogP contribution in [-0.4, -0.2) is 66.8 Å². The van der Waals surface area contributed by atoms with E-state index in [4.69, 9.17) is 9.47 Å². The Morgan fingerprint density at radius 3 is 2.15 bits per heavy atom. The average Bonchev–Trinajstić information content (AvgIpc) is 3.63. The Hall–Kier alpha value is -2.35. The van der Waals surface area contributed by atoms with E-state index in [2.05, 4.69) is 16.7 Å². The molecule has 2 aliphatic carbocycles. The Balaban J connectivity index is 1.04. The summed E-state index contributed by atoms with van der Waals surface area (Å²) in [5.41, 5.74) is 2.27. The number of ether oxygens (including phenoxy) is 2. The van der Waals surface area contributed by atoms with Crippen LogP contribution in [0, 0.1) is 34.8 Å². The Bertz CT molecular complexity index is 1160. The number of epoxide rings is 1. The minimum atomic E-state index is -0.265. The number of benzene rings is 2. The van der Waals surface area contributed by atoms with E-state index < -0.39 is 0 Å². The number of hydrogen-bond donors (Lipinski definition) is 0. The zero-order valence-corrected chi connectivity index (χ0v) is 22.7. The molecule has 1 spiro atoms. The summed E-state index contributed by atoms with van der Waals surface area (Å²) in [6.07, 6.45) is 5.63. The number of hydrogen-bond acceptors (Lipinski definition) is 5. The Morgan fingerprint density at radius 1 is 0.949 bits per heavy atom. The first-order valence-electron chi connectivity index (χ1n) is 14.7. The van der Waals surface area contributed by atoms with Crippen molar-refractivity contribution in [2.45, 2.75) is 56.8 Å². The molecule has 0 aromatic heterocycles. The highest BCUT2D eigenvalue weighted by molar-refractivity contribution is 5.75. The molecular weight excluding hydrogens is 498 g/mol. The minimum Gasteiger partial charge on any atom is -0.462 e. The lowest BCUT2D eigenvalue weighted by molar-refractivity contribution is -0.147. The number of nitrogens with zero attached hydrogens (tertiary/aromatic N) is 2. The summed E-state index contributed by atoms with van der Waals surface area (Å²) >= 11 is 0. The predicted octanol–water partition coefficient (Wildman–Crippen LogP) is 5.20. The van der Waals surface area contributed by atoms with Crippen molar-refractivity contribution in [2.24, 2.45) is 23.2 Å². The monoisotopic (exact) mass is 536 g/mol. The van der Waals surface area contributed by atoms with Gasteiger partial charge >= 0.3 is 5.97 Å². The lowest BCUT2D eigenvalue weighted by atomic mass is 9.53. The summed E-state index contributed by atoms with van der Waals surface area (Å²) in [6, 6.07) is 13.2. The quantitative estimate of drug-likeness (QED) is 0.388. The average molecular weight is 537 g/mol. The summed E-state index contributed by atoms with van der Waals surface area (Å²) in [4.78, 5) is 17.9. The van der Waals surface area contributed by atoms with Crippen molar-refractivity contribution in [3.05, 3.63) is 71.3 Å². The van der Waals surface area contributed by atoms with E-state index in [1.165, 1.54) is 37.1 Å². The maximum absolute atomic E-state index is 13.7. The van der Waals surface area contributed by atoms with Gasteiger partial charge in [0, 0.05) is 38.6 Å². The van der Waals surface area contributed by atoms with Crippen LogP contribution in [0.3, 0.4) is 0 Å². The predicted molar refractivity (Wildman–Crippen MR) is 143 cm³/mol. The van der Waals surface area contributed by atoms with Crippen molar-refractivity contribution in [1.29, 1.82) is 0 Å². The molecule has 3 heterocycles. The van der Waals surface area contributed by atoms with E-state index in [0.717, 1.165) is 69.7 Å². The molecule has 2 saturated carbocycles. The molecule has 2 aromatic rings. The number of carbonyl (C=O) groups is 1. The molecule has 5 aliphatic rings. The first-order valence-corrected chi connectivity index (χ1v) is 14.7. The maximum atomic E-state index is 13.7. The van der Waals surface area contributed by atoms with Gasteiger partial charge in [0.1, 0.15) is 17.7 Å². The Morgan fingerprint density at radius 2 is 1.56 bits per heavy atom. The largest absolute Gasteiger partial charge is 0.462 e. The van der Waals surface area contributed by atoms with Crippen molar-refractivity contribution in [3.8, 4) is 0 Å². The fourth-order valence-corrected chi connectivity index (χ4v) is 8.55. The molecular formula is C32H38F2N2O3. The van der Waals surface area contributed by atoms with Crippen LogP contribution >= 0.6 is 0 Å². The van der Waals surface area contributed by atoms with Crippen LogP contribution in [0.25, 0.3) is 0 Å². The van der Waals surface area contributed by atoms with Gasteiger partial charge in [0.05, 0.1) is 24.2 Å². The van der Waals surface area contributed by atoms with Crippen LogP contribution in [0.5, 0.6) is 0 Å². The fourth-order valence-electron chi connectivity index (χ4n) is 8.55. The zero-order chi connectivity index (χ0) is 26.8. The van der Waals surface area contributed by atoms with Gasteiger partial charge in [-0.05, 0) is 78.8 Å². The third kappa shape index (κ3) is 4.60. The summed E-state index contributed by atoms with van der Waals surface area (Å²) < 4.78 is 39.5. The first-order chi connectivity index (χ1) is 18.8. The highest BCUT2D eigenvalue weighted by Crippen LogP contribution is 2.62. The third-order valence-corrected chi connectivity index (χ3v) is 10.7. The van der Waals surface area contributed by atoms with Gasteiger partial charge in [-0.2, -0.15) is 0 Å². The Kier molecular flexibility index (Phi) is 6.33. The van der Waals surface area contributed by atoms with Gasteiger partial charge in [-0.3, -0.25) is 14.6 Å². The van der Waals surface area contributed by atoms with Gasteiger partial charge in [0.15, 0.2) is 0 Å². The van der Waals surface area contributed by atoms with Gasteiger partial charge in [-0.1, -0.05) is 31.2 Å². The molecule has 7 rings (SSSR count). The second-order valence-corrected chi connectivity index (χ2v) is 12.9. The highest BCUT2D eigenvalue weighted by atomic mass is 19.1. The zero-order valence-electron chi connectivity index (χ0n) is 22.7. The molecule has 5 nitrogen and oxygen atoms in total. The summed E-state index contributed by atoms with van der Waals surface area (Å²) in [5, 5.41) is 0. The van der Waals surface area contributed by atoms with E-state index in [1.54, 1.807) is 0 Å². The normalized spacial score (nSPS) is 36.6. The maximum Gasteiger partial charge on any atom is 0.310 e. The molecule has 5 fully saturated rings. The number of rotatable bonds is 5. The Labute approximate surface area is 229 Å². The topological polar surface area (TPSA) is 45.3 Å². The molecule has 0 N–H and O–H groups in total. The smallest absolute Gasteiger partial charge is 0.310 e. The van der Waals surface area contributed by atoms with Gasteiger partial charge in [-0.25, -0.2) is 8.78 Å². The van der Waals surface area contributed by atoms with Gasteiger partial charge in [0.2, 0.25) is 0 Å². The van der Waals surface area contributed by atoms with Gasteiger partial charge < -0.3 is 9.47 Å². The molecule has 3 saturated heterocycles. The molecule has 6 atom stereocenters. The number of halogens is 2. The second kappa shape index (κ2) is 9.64. The van der Waals surface area contributed by atoms with E-state index >= 15 is 0 Å². The van der Waals surface area contributed by atoms with E-state index in [9.17, 15) is 13.6 Å². The fraction of sp³-hybridized carbons (Fsp3) is 0.594. The molecule has 2 aromatic carbocycles. The minimum absolute atomic E-state index is 0.0176. The molecule has 0 amide bonds. The van der Waals surface area contributed by atoms with Crippen molar-refractivity contribution < 1.29 is 23.0 Å². The summed E-state index contributed by atoms with van der Waals surface area (Å²) in [7, 11) is 0. The number of esters is 1. The van der Waals surface area contributed by atoms with Gasteiger partial charge in [-0.15, -0.1) is 0 Å². The lowest BCUT2D eigenvalue weighted by Crippen LogP contribution is -2.52. The second-order valence-electron chi connectivity index (χ2n) is 12.9. The molecule has 0 radical (unpaired) electrons. The van der Waals surface area contributed by atoms with Crippen molar-refractivity contribution >= 4 is 5.97 Å². The van der Waals surface area contributed by atoms with Gasteiger partial charge in [0.25, 0.3) is 0 Å². The molecule has 0 unspecified atom stereocenters. The van der Waals surface area contributed by atoms with Crippen molar-refractivity contribution in [1.82, 2.24) is 9.80 Å². The van der Waals surface area contributed by atoms with Crippen LogP contribution in [0.15, 0.2) is 48.5 Å². The highest BCUT2D eigenvalue weighted by Gasteiger charge is 2.65. The molecule has 208 valence electrons. The van der Waals surface area contributed by atoms with Crippen molar-refractivity contribution in [3.63, 3.8) is 0 Å². The van der Waals surface area contributed by atoms with Crippen LogP contribution in [-0.2, 0) is 14.3 Å². The lowest BCUT2D eigenvalue weighted by Gasteiger charge is -2.51. The SMILES string of the molecule is C[C@]12CCC[C@@]3(CO3)[C@@H]1C[C@@H]1[C@@H](C2)OC(=O)[C@@H]1CN1CCN(C(c2ccc(F)cc2)c2ccc(F)cc2)CC1. The summed E-state index contributed by atoms with van der Waals surface area (Å²) in [6.45, 7) is 7.33. The van der Waals surface area contributed by atoms with Crippen LogP contribution in [0.1, 0.15) is 56.2 Å². The van der Waals surface area contributed by atoms with Crippen LogP contribution in [0.2, 0.25) is 0 Å². The molecule has 3 aliphatic heterocycles. The van der Waals surface area contributed by atoms with Crippen LogP contribution in [0.4, 0.5) is 8.78 Å². The number of piperazine rings is 1. The molecule has 0 bridgehead atoms. The number of carbonyl (C=O) groups excluding carboxylic acids is 1. The number of fused-ring (bicyclic) bond motifs is 3. The first kappa shape index (κ1) is 25.6. The van der Waals surface area contributed by atoms with E-state index in [-0.39, 0.29) is 52.6 Å². The van der Waals surface area contributed by atoms with E-state index in [0.29, 0.717) is 5.92 Å². The standard InChI is InChI=1S/C32H38F2N2O3/c1-31-11-2-12-32(20-38-32)28(31)17-25-26(30(37)39-27(25)18-31)19-35-13-15-36(16-14-35)29(21-3-7-23(33)8-4-21)22-5-9-24(34)10-6-22/h3-10,25-29H,2,11-20H2,1H3/t25-,26+,27+,28+,31+,32+/m0/s1. The van der Waals surface area contributed by atoms with E-state index in [1.807, 2.05) is 24.3 Å².